The lowest BCUT2D eigenvalue weighted by Crippen LogP contribution is -2.33. The SMILES string of the molecule is COc1cc([C@H]2Nc3ccc4ccccc4c3C3=C2C(=O)CC(C)(C)C3)cc(I)c1OCc1ccc(Cl)cc1. The molecule has 1 atom stereocenters. The van der Waals surface area contributed by atoms with Crippen molar-refractivity contribution < 1.29 is 14.3 Å². The molecule has 4 aromatic rings. The molecule has 1 N–H and O–H groups in total. The van der Waals surface area contributed by atoms with Crippen molar-refractivity contribution >= 4 is 62.0 Å². The van der Waals surface area contributed by atoms with Crippen LogP contribution in [-0.4, -0.2) is 12.9 Å². The number of carbonyl (C=O) groups excluding carboxylic acids is 1. The summed E-state index contributed by atoms with van der Waals surface area (Å²) < 4.78 is 12.9. The smallest absolute Gasteiger partial charge is 0.174 e. The molecule has 4 nitrogen and oxygen atoms in total. The Hall–Kier alpha value is -3.03. The molecule has 0 saturated carbocycles. The fourth-order valence-corrected chi connectivity index (χ4v) is 6.78. The highest BCUT2D eigenvalue weighted by Gasteiger charge is 2.41. The predicted octanol–water partition coefficient (Wildman–Crippen LogP) is 8.99. The number of methoxy groups -OCH3 is 1. The first-order chi connectivity index (χ1) is 18.7. The van der Waals surface area contributed by atoms with Gasteiger partial charge in [-0.25, -0.2) is 0 Å². The lowest BCUT2D eigenvalue weighted by Gasteiger charge is -2.40. The van der Waals surface area contributed by atoms with Gasteiger partial charge in [-0.15, -0.1) is 0 Å². The van der Waals surface area contributed by atoms with Gasteiger partial charge in [-0.3, -0.25) is 4.79 Å². The number of anilines is 1. The lowest BCUT2D eigenvalue weighted by atomic mass is 9.68. The Kier molecular flexibility index (Phi) is 6.84. The van der Waals surface area contributed by atoms with Crippen molar-refractivity contribution in [3.63, 3.8) is 0 Å². The van der Waals surface area contributed by atoms with E-state index in [-0.39, 0.29) is 17.2 Å². The number of nitrogens with one attached hydrogen (secondary N) is 1. The second-order valence-corrected chi connectivity index (χ2v) is 12.7. The van der Waals surface area contributed by atoms with E-state index in [1.54, 1.807) is 7.11 Å². The minimum atomic E-state index is -0.273. The van der Waals surface area contributed by atoms with Crippen LogP contribution in [0.3, 0.4) is 0 Å². The van der Waals surface area contributed by atoms with Gasteiger partial charge in [0.25, 0.3) is 0 Å². The standard InChI is InChI=1S/C33H29ClINO3/c1-33(2)16-24-29-23-7-5-4-6-20(23)10-13-26(29)36-31(30(24)27(37)17-33)21-14-25(35)32(28(15-21)38-3)39-18-19-8-11-22(34)12-9-19/h4-15,31,36H,16-18H2,1-3H3/t31-/m1/s1. The maximum Gasteiger partial charge on any atom is 0.174 e. The first kappa shape index (κ1) is 26.2. The molecular formula is C33H29ClINO3. The van der Waals surface area contributed by atoms with E-state index in [4.69, 9.17) is 21.1 Å². The number of allylic oxidation sites excluding steroid dienone is 1. The molecule has 0 aromatic heterocycles. The minimum absolute atomic E-state index is 0.0997. The van der Waals surface area contributed by atoms with Crippen molar-refractivity contribution in [2.24, 2.45) is 5.41 Å². The average Bonchev–Trinajstić information content (AvgIpc) is 2.91. The average molecular weight is 650 g/mol. The number of hydrogen-bond donors (Lipinski definition) is 1. The maximum atomic E-state index is 13.8. The number of hydrogen-bond acceptors (Lipinski definition) is 4. The van der Waals surface area contributed by atoms with E-state index in [1.807, 2.05) is 30.3 Å². The molecule has 0 saturated heterocycles. The van der Waals surface area contributed by atoms with Crippen molar-refractivity contribution in [3.8, 4) is 11.5 Å². The molecule has 0 unspecified atom stereocenters. The van der Waals surface area contributed by atoms with Crippen LogP contribution in [0, 0.1) is 8.99 Å². The van der Waals surface area contributed by atoms with Crippen LogP contribution in [0.1, 0.15) is 49.4 Å². The summed E-state index contributed by atoms with van der Waals surface area (Å²) in [6.45, 7) is 4.78. The molecule has 4 aromatic carbocycles. The Labute approximate surface area is 247 Å². The van der Waals surface area contributed by atoms with Gasteiger partial charge in [0.15, 0.2) is 17.3 Å². The van der Waals surface area contributed by atoms with E-state index >= 15 is 0 Å². The highest BCUT2D eigenvalue weighted by Crippen LogP contribution is 2.52. The van der Waals surface area contributed by atoms with Crippen molar-refractivity contribution in [3.05, 3.63) is 104 Å². The van der Waals surface area contributed by atoms with Gasteiger partial charge in [0.2, 0.25) is 0 Å². The van der Waals surface area contributed by atoms with E-state index in [0.717, 1.165) is 43.5 Å². The largest absolute Gasteiger partial charge is 0.493 e. The third-order valence-corrected chi connectivity index (χ3v) is 8.67. The number of fused-ring (bicyclic) bond motifs is 4. The van der Waals surface area contributed by atoms with Gasteiger partial charge in [0, 0.05) is 28.3 Å². The van der Waals surface area contributed by atoms with Crippen LogP contribution in [0.4, 0.5) is 5.69 Å². The van der Waals surface area contributed by atoms with Gasteiger partial charge in [0.1, 0.15) is 6.61 Å². The molecule has 0 amide bonds. The molecule has 39 heavy (non-hydrogen) atoms. The Morgan fingerprint density at radius 3 is 2.56 bits per heavy atom. The van der Waals surface area contributed by atoms with Gasteiger partial charge in [-0.2, -0.15) is 0 Å². The molecule has 198 valence electrons. The number of ketones is 1. The molecule has 0 bridgehead atoms. The normalized spacial score (nSPS) is 17.9. The summed E-state index contributed by atoms with van der Waals surface area (Å²) in [5.74, 6) is 1.53. The summed E-state index contributed by atoms with van der Waals surface area (Å²) in [5.41, 5.74) is 6.14. The van der Waals surface area contributed by atoms with Crippen LogP contribution in [0.25, 0.3) is 16.3 Å². The molecule has 0 fully saturated rings. The van der Waals surface area contributed by atoms with E-state index < -0.39 is 0 Å². The highest BCUT2D eigenvalue weighted by atomic mass is 127. The number of halogens is 2. The third kappa shape index (κ3) is 4.91. The quantitative estimate of drug-likeness (QED) is 0.219. The summed E-state index contributed by atoms with van der Waals surface area (Å²) in [6, 6.07) is 24.2. The first-order valence-electron chi connectivity index (χ1n) is 13.0. The summed E-state index contributed by atoms with van der Waals surface area (Å²) in [7, 11) is 1.65. The number of Topliss-reactive ketones (excluding diaryl/α,β-unsaturated/α-hetero) is 1. The summed E-state index contributed by atoms with van der Waals surface area (Å²) in [5, 5.41) is 6.78. The zero-order chi connectivity index (χ0) is 27.3. The molecule has 1 heterocycles. The Balaban J connectivity index is 1.44. The Bertz CT molecular complexity index is 1640. The molecule has 0 radical (unpaired) electrons. The van der Waals surface area contributed by atoms with Crippen LogP contribution in [0.15, 0.2) is 78.4 Å². The van der Waals surface area contributed by atoms with Crippen molar-refractivity contribution in [2.75, 3.05) is 12.4 Å². The highest BCUT2D eigenvalue weighted by molar-refractivity contribution is 14.1. The number of ether oxygens (including phenoxy) is 2. The monoisotopic (exact) mass is 649 g/mol. The van der Waals surface area contributed by atoms with Crippen molar-refractivity contribution in [2.45, 2.75) is 39.3 Å². The third-order valence-electron chi connectivity index (χ3n) is 7.62. The second-order valence-electron chi connectivity index (χ2n) is 11.1. The van der Waals surface area contributed by atoms with Crippen LogP contribution in [0.2, 0.25) is 5.02 Å². The Morgan fingerprint density at radius 2 is 1.79 bits per heavy atom. The molecule has 6 heteroatoms. The zero-order valence-corrected chi connectivity index (χ0v) is 25.0. The predicted molar refractivity (Wildman–Crippen MR) is 167 cm³/mol. The van der Waals surface area contributed by atoms with E-state index in [2.05, 4.69) is 84.2 Å². The molecule has 0 spiro atoms. The van der Waals surface area contributed by atoms with Gasteiger partial charge in [-0.1, -0.05) is 67.9 Å². The fraction of sp³-hybridized carbons (Fsp3) is 0.242. The summed E-state index contributed by atoms with van der Waals surface area (Å²) in [6.07, 6.45) is 1.38. The molecule has 1 aliphatic carbocycles. The van der Waals surface area contributed by atoms with E-state index in [9.17, 15) is 4.79 Å². The van der Waals surface area contributed by atoms with Crippen LogP contribution in [0.5, 0.6) is 11.5 Å². The van der Waals surface area contributed by atoms with Gasteiger partial charge in [-0.05, 0) is 92.2 Å². The van der Waals surface area contributed by atoms with Crippen molar-refractivity contribution in [1.82, 2.24) is 0 Å². The first-order valence-corrected chi connectivity index (χ1v) is 14.5. The molecule has 6 rings (SSSR count). The van der Waals surface area contributed by atoms with Gasteiger partial charge >= 0.3 is 0 Å². The minimum Gasteiger partial charge on any atom is -0.493 e. The van der Waals surface area contributed by atoms with Crippen LogP contribution < -0.4 is 14.8 Å². The molecule has 1 aliphatic heterocycles. The lowest BCUT2D eigenvalue weighted by molar-refractivity contribution is -0.118. The maximum absolute atomic E-state index is 13.8. The topological polar surface area (TPSA) is 47.6 Å². The number of benzene rings is 4. The Morgan fingerprint density at radius 1 is 1.03 bits per heavy atom. The fourth-order valence-electron chi connectivity index (χ4n) is 5.87. The number of rotatable bonds is 5. The summed E-state index contributed by atoms with van der Waals surface area (Å²) in [4.78, 5) is 13.8. The van der Waals surface area contributed by atoms with Crippen molar-refractivity contribution in [1.29, 1.82) is 0 Å². The zero-order valence-electron chi connectivity index (χ0n) is 22.1. The summed E-state index contributed by atoms with van der Waals surface area (Å²) >= 11 is 8.33. The van der Waals surface area contributed by atoms with E-state index in [0.29, 0.717) is 29.5 Å². The second kappa shape index (κ2) is 10.2. The van der Waals surface area contributed by atoms with Gasteiger partial charge in [0.05, 0.1) is 16.7 Å². The molecular weight excluding hydrogens is 621 g/mol. The van der Waals surface area contributed by atoms with E-state index in [1.165, 1.54) is 10.8 Å². The van der Waals surface area contributed by atoms with Crippen LogP contribution in [-0.2, 0) is 11.4 Å². The number of carbonyl (C=O) groups is 1. The van der Waals surface area contributed by atoms with Gasteiger partial charge < -0.3 is 14.8 Å². The molecule has 2 aliphatic rings. The van der Waals surface area contributed by atoms with Crippen LogP contribution >= 0.6 is 34.2 Å².